The number of hydrogen-bond acceptors (Lipinski definition) is 9. The Hall–Kier alpha value is -2.90. The van der Waals surface area contributed by atoms with Crippen LogP contribution in [0, 0.1) is 5.82 Å². The predicted octanol–water partition coefficient (Wildman–Crippen LogP) is 4.91. The summed E-state index contributed by atoms with van der Waals surface area (Å²) in [5.74, 6) is -0.365. The lowest BCUT2D eigenvalue weighted by atomic mass is 10.1. The number of rotatable bonds is 7. The Morgan fingerprint density at radius 3 is 2.86 bits per heavy atom. The van der Waals surface area contributed by atoms with E-state index in [1.807, 2.05) is 0 Å². The molecule has 1 aliphatic rings. The van der Waals surface area contributed by atoms with Crippen molar-refractivity contribution in [3.8, 4) is 5.75 Å². The molecule has 0 saturated carbocycles. The van der Waals surface area contributed by atoms with Crippen molar-refractivity contribution in [2.24, 2.45) is 0 Å². The van der Waals surface area contributed by atoms with E-state index in [9.17, 15) is 14.0 Å². The number of nitrogens with zero attached hydrogens (tertiary/aromatic N) is 3. The molecule has 5 rings (SSSR count). The minimum absolute atomic E-state index is 0.0495. The van der Waals surface area contributed by atoms with Gasteiger partial charge in [-0.05, 0) is 40.2 Å². The number of halogens is 2. The average molecular weight is 581 g/mol. The number of carboxylic acids is 1. The normalized spacial score (nSPS) is 14.5. The van der Waals surface area contributed by atoms with Crippen LogP contribution >= 0.6 is 39.0 Å². The second-order valence-electron chi connectivity index (χ2n) is 7.76. The van der Waals surface area contributed by atoms with E-state index in [4.69, 9.17) is 14.3 Å². The average Bonchev–Trinajstić information content (AvgIpc) is 3.48. The fraction of sp³-hybridized carbons (Fsp3) is 0.273. The second kappa shape index (κ2) is 9.99. The van der Waals surface area contributed by atoms with E-state index in [2.05, 4.69) is 35.8 Å². The lowest BCUT2D eigenvalue weighted by Gasteiger charge is -2.32. The highest BCUT2D eigenvalue weighted by atomic mass is 79.9. The van der Waals surface area contributed by atoms with Crippen molar-refractivity contribution < 1.29 is 23.4 Å². The summed E-state index contributed by atoms with van der Waals surface area (Å²) in [5, 5.41) is 10.0. The van der Waals surface area contributed by atoms with Gasteiger partial charge in [0.05, 0.1) is 10.2 Å². The van der Waals surface area contributed by atoms with E-state index < -0.39 is 5.97 Å². The number of ether oxygens (including phenoxy) is 1. The summed E-state index contributed by atoms with van der Waals surface area (Å²) in [6.07, 6.45) is 1.41. The topological polar surface area (TPSA) is 122 Å². The summed E-state index contributed by atoms with van der Waals surface area (Å²) < 4.78 is 25.9. The molecule has 1 saturated heterocycles. The van der Waals surface area contributed by atoms with Gasteiger partial charge in [-0.2, -0.15) is 4.98 Å². The van der Waals surface area contributed by atoms with Gasteiger partial charge < -0.3 is 24.1 Å². The molecule has 1 aliphatic heterocycles. The monoisotopic (exact) mass is 580 g/mol. The Kier molecular flexibility index (Phi) is 6.80. The largest absolute Gasteiger partial charge is 0.489 e. The van der Waals surface area contributed by atoms with Crippen LogP contribution in [0.4, 0.5) is 9.52 Å². The Labute approximate surface area is 214 Å². The molecule has 182 valence electrons. The molecular formula is C22H18BrFN4O5S2. The molecule has 13 heteroatoms. The van der Waals surface area contributed by atoms with Gasteiger partial charge >= 0.3 is 5.97 Å². The molecule has 4 aromatic rings. The van der Waals surface area contributed by atoms with Gasteiger partial charge in [-0.3, -0.25) is 4.79 Å². The van der Waals surface area contributed by atoms with Gasteiger partial charge in [0.25, 0.3) is 5.56 Å². The van der Waals surface area contributed by atoms with Crippen molar-refractivity contribution >= 4 is 60.5 Å². The highest BCUT2D eigenvalue weighted by molar-refractivity contribution is 9.10. The van der Waals surface area contributed by atoms with Gasteiger partial charge in [-0.1, -0.05) is 23.1 Å². The summed E-state index contributed by atoms with van der Waals surface area (Å²) in [5.41, 5.74) is 0.0880. The minimum Gasteiger partial charge on any atom is -0.489 e. The zero-order valence-electron chi connectivity index (χ0n) is 18.0. The van der Waals surface area contributed by atoms with E-state index in [0.29, 0.717) is 55.5 Å². The third-order valence-electron chi connectivity index (χ3n) is 5.36. The van der Waals surface area contributed by atoms with Crippen LogP contribution in [-0.2, 0) is 5.75 Å². The van der Waals surface area contributed by atoms with Crippen LogP contribution in [0.25, 0.3) is 10.3 Å². The highest BCUT2D eigenvalue weighted by Gasteiger charge is 2.24. The van der Waals surface area contributed by atoms with E-state index in [0.717, 1.165) is 12.8 Å². The molecule has 2 N–H and O–H groups in total. The number of benzene rings is 1. The van der Waals surface area contributed by atoms with E-state index in [1.165, 1.54) is 41.3 Å². The lowest BCUT2D eigenvalue weighted by molar-refractivity contribution is 0.0661. The first kappa shape index (κ1) is 23.8. The SMILES string of the molecule is O=C(O)c1ccc(CSc2nc3nc(N4CCC(Oc5cc(F)ccc5Br)CC4)sc3c(=O)[nH]2)o1. The van der Waals surface area contributed by atoms with Crippen molar-refractivity contribution in [3.63, 3.8) is 0 Å². The first-order valence-corrected chi connectivity index (χ1v) is 13.2. The zero-order chi connectivity index (χ0) is 24.5. The molecule has 0 spiro atoms. The van der Waals surface area contributed by atoms with Crippen LogP contribution in [0.5, 0.6) is 5.75 Å². The van der Waals surface area contributed by atoms with Crippen molar-refractivity contribution in [2.45, 2.75) is 29.9 Å². The molecule has 9 nitrogen and oxygen atoms in total. The van der Waals surface area contributed by atoms with Gasteiger partial charge in [0.15, 0.2) is 15.9 Å². The first-order chi connectivity index (χ1) is 16.9. The fourth-order valence-electron chi connectivity index (χ4n) is 3.63. The van der Waals surface area contributed by atoms with E-state index in [-0.39, 0.29) is 23.2 Å². The number of anilines is 1. The number of aromatic amines is 1. The lowest BCUT2D eigenvalue weighted by Crippen LogP contribution is -2.38. The number of aromatic carboxylic acids is 1. The smallest absolute Gasteiger partial charge is 0.371 e. The number of carboxylic acid groups (broad SMARTS) is 1. The van der Waals surface area contributed by atoms with Gasteiger partial charge in [0.1, 0.15) is 28.1 Å². The highest BCUT2D eigenvalue weighted by Crippen LogP contribution is 2.32. The van der Waals surface area contributed by atoms with E-state index >= 15 is 0 Å². The molecule has 0 amide bonds. The fourth-order valence-corrected chi connectivity index (χ4v) is 5.67. The summed E-state index contributed by atoms with van der Waals surface area (Å²) >= 11 is 5.90. The molecule has 4 heterocycles. The quantitative estimate of drug-likeness (QED) is 0.232. The van der Waals surface area contributed by atoms with Gasteiger partial charge in [-0.25, -0.2) is 14.2 Å². The van der Waals surface area contributed by atoms with Crippen LogP contribution in [0.15, 0.2) is 49.2 Å². The number of hydrogen-bond donors (Lipinski definition) is 2. The molecule has 0 aliphatic carbocycles. The molecule has 0 bridgehead atoms. The number of thiazole rings is 1. The first-order valence-electron chi connectivity index (χ1n) is 10.6. The van der Waals surface area contributed by atoms with Gasteiger partial charge in [0.2, 0.25) is 5.76 Å². The number of piperidine rings is 1. The number of fused-ring (bicyclic) bond motifs is 1. The molecule has 3 aromatic heterocycles. The maximum Gasteiger partial charge on any atom is 0.371 e. The van der Waals surface area contributed by atoms with Gasteiger partial charge in [-0.15, -0.1) is 0 Å². The second-order valence-corrected chi connectivity index (χ2v) is 10.6. The summed E-state index contributed by atoms with van der Waals surface area (Å²) in [6, 6.07) is 7.33. The molecule has 0 radical (unpaired) electrons. The number of H-pyrrole nitrogens is 1. The zero-order valence-corrected chi connectivity index (χ0v) is 21.2. The number of nitrogens with one attached hydrogen (secondary N) is 1. The summed E-state index contributed by atoms with van der Waals surface area (Å²) in [4.78, 5) is 37.4. The molecule has 0 unspecified atom stereocenters. The van der Waals surface area contributed by atoms with Crippen LogP contribution in [0.1, 0.15) is 29.2 Å². The Morgan fingerprint density at radius 2 is 2.11 bits per heavy atom. The maximum atomic E-state index is 13.5. The molecule has 0 atom stereocenters. The van der Waals surface area contributed by atoms with E-state index in [1.54, 1.807) is 12.1 Å². The standard InChI is InChI=1S/C22H18BrFN4O5S2/c23-14-3-1-11(24)9-16(14)32-12-5-7-28(8-6-12)22-26-18-17(35-22)19(29)27-21(25-18)34-10-13-2-4-15(33-13)20(30)31/h1-4,9,12H,5-8,10H2,(H,30,31)(H,25,27,29). The van der Waals surface area contributed by atoms with Crippen LogP contribution in [0.3, 0.4) is 0 Å². The third-order valence-corrected chi connectivity index (χ3v) is 8.01. The van der Waals surface area contributed by atoms with Crippen LogP contribution in [-0.4, -0.2) is 45.2 Å². The number of thioether (sulfide) groups is 1. The minimum atomic E-state index is -1.14. The number of carbonyl (C=O) groups is 1. The predicted molar refractivity (Wildman–Crippen MR) is 133 cm³/mol. The summed E-state index contributed by atoms with van der Waals surface area (Å²) in [7, 11) is 0. The van der Waals surface area contributed by atoms with Crippen molar-refractivity contribution in [1.29, 1.82) is 0 Å². The molecule has 1 aromatic carbocycles. The Balaban J connectivity index is 1.24. The molecule has 35 heavy (non-hydrogen) atoms. The number of aromatic nitrogens is 3. The van der Waals surface area contributed by atoms with Crippen molar-refractivity contribution in [2.75, 3.05) is 18.0 Å². The Morgan fingerprint density at radius 1 is 1.31 bits per heavy atom. The van der Waals surface area contributed by atoms with Crippen molar-refractivity contribution in [1.82, 2.24) is 15.0 Å². The molecule has 1 fully saturated rings. The maximum absolute atomic E-state index is 13.5. The van der Waals surface area contributed by atoms with Gasteiger partial charge in [0, 0.05) is 32.0 Å². The number of furan rings is 1. The van der Waals surface area contributed by atoms with Crippen molar-refractivity contribution in [3.05, 3.63) is 62.5 Å². The molecular weight excluding hydrogens is 563 g/mol. The third kappa shape index (κ3) is 5.36. The summed E-state index contributed by atoms with van der Waals surface area (Å²) in [6.45, 7) is 1.36. The Bertz CT molecular complexity index is 1450. The van der Waals surface area contributed by atoms with Crippen LogP contribution < -0.4 is 15.2 Å². The van der Waals surface area contributed by atoms with Crippen LogP contribution in [0.2, 0.25) is 0 Å².